The van der Waals surface area contributed by atoms with Crippen LogP contribution in [0.15, 0.2) is 53.9 Å². The number of rotatable bonds is 7. The van der Waals surface area contributed by atoms with Gasteiger partial charge >= 0.3 is 6.03 Å². The average Bonchev–Trinajstić information content (AvgIpc) is 3.15. The molecule has 0 saturated heterocycles. The molecule has 3 rings (SSSR count). The lowest BCUT2D eigenvalue weighted by molar-refractivity contribution is -0.120. The number of nitrogens with one attached hydrogen (secondary N) is 3. The van der Waals surface area contributed by atoms with Gasteiger partial charge in [-0.3, -0.25) is 10.1 Å². The molecule has 7 nitrogen and oxygen atoms in total. The summed E-state index contributed by atoms with van der Waals surface area (Å²) in [4.78, 5) is 28.3. The highest BCUT2D eigenvalue weighted by molar-refractivity contribution is 7.14. The molecule has 0 spiro atoms. The summed E-state index contributed by atoms with van der Waals surface area (Å²) in [5, 5.41) is 10.1. The number of halogens is 1. The molecule has 0 fully saturated rings. The standard InChI is InChI=1S/C20H19FN4O3S/c1-28-17-8-2-13(3-9-17)11-22-18(26)10-16-12-29-20(24-16)25-19(27)23-15-6-4-14(21)5-7-15/h2-9,12H,10-11H2,1H3,(H,22,26)(H2,23,24,25,27). The van der Waals surface area contributed by atoms with Crippen molar-refractivity contribution in [2.24, 2.45) is 0 Å². The average molecular weight is 414 g/mol. The lowest BCUT2D eigenvalue weighted by Crippen LogP contribution is -2.24. The van der Waals surface area contributed by atoms with Gasteiger partial charge in [-0.25, -0.2) is 14.2 Å². The number of hydrogen-bond acceptors (Lipinski definition) is 5. The van der Waals surface area contributed by atoms with Crippen LogP contribution in [-0.4, -0.2) is 24.0 Å². The summed E-state index contributed by atoms with van der Waals surface area (Å²) in [6, 6.07) is 12.3. The molecule has 0 aliphatic heterocycles. The third-order valence-electron chi connectivity index (χ3n) is 3.86. The molecule has 150 valence electrons. The van der Waals surface area contributed by atoms with Crippen molar-refractivity contribution in [1.82, 2.24) is 10.3 Å². The van der Waals surface area contributed by atoms with Gasteiger partial charge in [-0.15, -0.1) is 11.3 Å². The molecule has 3 N–H and O–H groups in total. The molecule has 9 heteroatoms. The first kappa shape index (κ1) is 20.3. The van der Waals surface area contributed by atoms with Crippen LogP contribution in [0.5, 0.6) is 5.75 Å². The first-order valence-electron chi connectivity index (χ1n) is 8.69. The van der Waals surface area contributed by atoms with E-state index in [2.05, 4.69) is 20.9 Å². The first-order valence-corrected chi connectivity index (χ1v) is 9.57. The number of carbonyl (C=O) groups excluding carboxylic acids is 2. The van der Waals surface area contributed by atoms with Crippen LogP contribution in [0, 0.1) is 5.82 Å². The van der Waals surface area contributed by atoms with E-state index in [-0.39, 0.29) is 18.1 Å². The quantitative estimate of drug-likeness (QED) is 0.548. The highest BCUT2D eigenvalue weighted by atomic mass is 32.1. The summed E-state index contributed by atoms with van der Waals surface area (Å²) >= 11 is 1.21. The van der Waals surface area contributed by atoms with Gasteiger partial charge in [0.2, 0.25) is 5.91 Å². The Morgan fingerprint density at radius 1 is 1.07 bits per heavy atom. The zero-order valence-corrected chi connectivity index (χ0v) is 16.4. The molecule has 1 heterocycles. The fourth-order valence-corrected chi connectivity index (χ4v) is 3.11. The topological polar surface area (TPSA) is 92.4 Å². The van der Waals surface area contributed by atoms with E-state index in [9.17, 15) is 14.0 Å². The minimum absolute atomic E-state index is 0.105. The van der Waals surface area contributed by atoms with E-state index in [0.717, 1.165) is 11.3 Å². The minimum Gasteiger partial charge on any atom is -0.497 e. The molecule has 29 heavy (non-hydrogen) atoms. The number of amides is 3. The number of ether oxygens (including phenoxy) is 1. The van der Waals surface area contributed by atoms with Crippen LogP contribution >= 0.6 is 11.3 Å². The summed E-state index contributed by atoms with van der Waals surface area (Å²) in [6.45, 7) is 0.401. The number of benzene rings is 2. The fourth-order valence-electron chi connectivity index (χ4n) is 2.41. The Hall–Kier alpha value is -3.46. The summed E-state index contributed by atoms with van der Waals surface area (Å²) in [5.41, 5.74) is 1.97. The molecule has 0 radical (unpaired) electrons. The maximum Gasteiger partial charge on any atom is 0.325 e. The lowest BCUT2D eigenvalue weighted by Gasteiger charge is -2.06. The Morgan fingerprint density at radius 2 is 1.79 bits per heavy atom. The molecule has 0 unspecified atom stereocenters. The second kappa shape index (κ2) is 9.65. The molecular weight excluding hydrogens is 395 g/mol. The van der Waals surface area contributed by atoms with Gasteiger partial charge in [0.1, 0.15) is 11.6 Å². The second-order valence-electron chi connectivity index (χ2n) is 6.03. The van der Waals surface area contributed by atoms with Gasteiger partial charge in [0.05, 0.1) is 19.2 Å². The molecule has 3 aromatic rings. The zero-order chi connectivity index (χ0) is 20.6. The molecular formula is C20H19FN4O3S. The SMILES string of the molecule is COc1ccc(CNC(=O)Cc2csc(NC(=O)Nc3ccc(F)cc3)n2)cc1. The van der Waals surface area contributed by atoms with E-state index in [0.29, 0.717) is 23.1 Å². The largest absolute Gasteiger partial charge is 0.497 e. The molecule has 0 saturated carbocycles. The van der Waals surface area contributed by atoms with Crippen molar-refractivity contribution in [2.75, 3.05) is 17.7 Å². The van der Waals surface area contributed by atoms with Gasteiger partial charge in [0, 0.05) is 17.6 Å². The number of thiazole rings is 1. The molecule has 2 aromatic carbocycles. The molecule has 0 aliphatic rings. The van der Waals surface area contributed by atoms with E-state index in [1.54, 1.807) is 12.5 Å². The zero-order valence-electron chi connectivity index (χ0n) is 15.6. The second-order valence-corrected chi connectivity index (χ2v) is 6.89. The predicted octanol–water partition coefficient (Wildman–Crippen LogP) is 3.79. The molecule has 0 bridgehead atoms. The smallest absolute Gasteiger partial charge is 0.325 e. The lowest BCUT2D eigenvalue weighted by atomic mass is 10.2. The van der Waals surface area contributed by atoms with Gasteiger partial charge in [0.15, 0.2) is 5.13 Å². The van der Waals surface area contributed by atoms with Gasteiger partial charge in [-0.05, 0) is 42.0 Å². The van der Waals surface area contributed by atoms with E-state index >= 15 is 0 Å². The number of nitrogens with zero attached hydrogens (tertiary/aromatic N) is 1. The van der Waals surface area contributed by atoms with Gasteiger partial charge in [-0.2, -0.15) is 0 Å². The maximum atomic E-state index is 12.9. The highest BCUT2D eigenvalue weighted by Gasteiger charge is 2.10. The summed E-state index contributed by atoms with van der Waals surface area (Å²) in [6.07, 6.45) is 0.105. The number of methoxy groups -OCH3 is 1. The van der Waals surface area contributed by atoms with E-state index in [1.165, 1.54) is 35.6 Å². The van der Waals surface area contributed by atoms with Crippen LogP contribution in [0.1, 0.15) is 11.3 Å². The van der Waals surface area contributed by atoms with Crippen LogP contribution in [0.4, 0.5) is 20.0 Å². The third kappa shape index (κ3) is 6.28. The first-order chi connectivity index (χ1) is 14.0. The van der Waals surface area contributed by atoms with Crippen LogP contribution in [0.2, 0.25) is 0 Å². The van der Waals surface area contributed by atoms with Gasteiger partial charge in [-0.1, -0.05) is 12.1 Å². The molecule has 1 aromatic heterocycles. The summed E-state index contributed by atoms with van der Waals surface area (Å²) < 4.78 is 18.0. The van der Waals surface area contributed by atoms with Crippen LogP contribution in [0.3, 0.4) is 0 Å². The Kier molecular flexibility index (Phi) is 6.75. The van der Waals surface area contributed by atoms with Crippen molar-refractivity contribution in [3.63, 3.8) is 0 Å². The molecule has 0 aliphatic carbocycles. The normalized spacial score (nSPS) is 10.3. The molecule has 3 amide bonds. The van der Waals surface area contributed by atoms with Gasteiger partial charge in [0.25, 0.3) is 0 Å². The summed E-state index contributed by atoms with van der Waals surface area (Å²) in [7, 11) is 1.60. The number of aromatic nitrogens is 1. The predicted molar refractivity (Wildman–Crippen MR) is 110 cm³/mol. The summed E-state index contributed by atoms with van der Waals surface area (Å²) in [5.74, 6) is 0.199. The Balaban J connectivity index is 1.45. The van der Waals surface area contributed by atoms with Crippen LogP contribution in [-0.2, 0) is 17.8 Å². The van der Waals surface area contributed by atoms with E-state index in [1.807, 2.05) is 24.3 Å². The van der Waals surface area contributed by atoms with E-state index in [4.69, 9.17) is 4.74 Å². The Labute approximate surface area is 170 Å². The minimum atomic E-state index is -0.499. The Morgan fingerprint density at radius 3 is 2.48 bits per heavy atom. The van der Waals surface area contributed by atoms with Crippen molar-refractivity contribution in [3.8, 4) is 5.75 Å². The van der Waals surface area contributed by atoms with Crippen LogP contribution < -0.4 is 20.7 Å². The van der Waals surface area contributed by atoms with Crippen molar-refractivity contribution in [1.29, 1.82) is 0 Å². The van der Waals surface area contributed by atoms with Crippen molar-refractivity contribution in [3.05, 3.63) is 71.0 Å². The van der Waals surface area contributed by atoms with Crippen molar-refractivity contribution < 1.29 is 18.7 Å². The Bertz CT molecular complexity index is 974. The highest BCUT2D eigenvalue weighted by Crippen LogP contribution is 2.17. The number of carbonyl (C=O) groups is 2. The van der Waals surface area contributed by atoms with Crippen molar-refractivity contribution >= 4 is 34.1 Å². The fraction of sp³-hybridized carbons (Fsp3) is 0.150. The third-order valence-corrected chi connectivity index (χ3v) is 4.67. The number of urea groups is 1. The van der Waals surface area contributed by atoms with Crippen LogP contribution in [0.25, 0.3) is 0 Å². The van der Waals surface area contributed by atoms with E-state index < -0.39 is 6.03 Å². The number of anilines is 2. The maximum absolute atomic E-state index is 12.9. The monoisotopic (exact) mass is 414 g/mol. The van der Waals surface area contributed by atoms with Gasteiger partial charge < -0.3 is 15.4 Å². The molecule has 0 atom stereocenters. The number of hydrogen-bond donors (Lipinski definition) is 3. The van der Waals surface area contributed by atoms with Crippen molar-refractivity contribution in [2.45, 2.75) is 13.0 Å².